The van der Waals surface area contributed by atoms with Crippen LogP contribution in [0, 0.1) is 0 Å². The first-order valence-corrected chi connectivity index (χ1v) is 6.18. The van der Waals surface area contributed by atoms with Gasteiger partial charge in [-0.3, -0.25) is 0 Å². The summed E-state index contributed by atoms with van der Waals surface area (Å²) in [6, 6.07) is 2.11. The molecule has 4 nitrogen and oxygen atoms in total. The topological polar surface area (TPSA) is 41.2 Å². The third-order valence-corrected chi connectivity index (χ3v) is 3.37. The first-order chi connectivity index (χ1) is 8.40. The Hall–Kier alpha value is -1.55. The van der Waals surface area contributed by atoms with Crippen LogP contribution in [0.25, 0.3) is 11.0 Å². The van der Waals surface area contributed by atoms with Crippen LogP contribution >= 0.6 is 0 Å². The molecule has 3 heterocycles. The summed E-state index contributed by atoms with van der Waals surface area (Å²) in [5, 5.41) is 1.27. The number of pyridine rings is 1. The van der Waals surface area contributed by atoms with Gasteiger partial charge in [0.05, 0.1) is 13.2 Å². The minimum atomic E-state index is 0.815. The number of hydrogen-bond donors (Lipinski definition) is 1. The number of H-pyrrole nitrogens is 1. The summed E-state index contributed by atoms with van der Waals surface area (Å²) >= 11 is 0. The Bertz CT molecular complexity index is 514. The number of rotatable bonds is 2. The van der Waals surface area contributed by atoms with Gasteiger partial charge in [-0.1, -0.05) is 6.92 Å². The van der Waals surface area contributed by atoms with Gasteiger partial charge in [0.1, 0.15) is 5.65 Å². The van der Waals surface area contributed by atoms with Crippen LogP contribution in [0.15, 0.2) is 18.5 Å². The van der Waals surface area contributed by atoms with Crippen LogP contribution < -0.4 is 4.90 Å². The molecule has 1 aliphatic heterocycles. The van der Waals surface area contributed by atoms with Crippen molar-refractivity contribution in [1.82, 2.24) is 9.97 Å². The summed E-state index contributed by atoms with van der Waals surface area (Å²) in [6.07, 6.45) is 4.98. The Morgan fingerprint density at radius 3 is 3.00 bits per heavy atom. The fourth-order valence-electron chi connectivity index (χ4n) is 2.45. The number of aryl methyl sites for hydroxylation is 1. The molecule has 4 heteroatoms. The number of ether oxygens (including phenoxy) is 1. The van der Waals surface area contributed by atoms with E-state index in [4.69, 9.17) is 4.74 Å². The standard InChI is InChI=1S/C13H17N3O/c1-2-10-9-15-13-12(10)11(3-4-14-13)16-5-7-17-8-6-16/h3-4,9H,2,5-8H2,1H3,(H,14,15). The fraction of sp³-hybridized carbons (Fsp3) is 0.462. The third-order valence-electron chi connectivity index (χ3n) is 3.37. The lowest BCUT2D eigenvalue weighted by atomic mass is 10.1. The van der Waals surface area contributed by atoms with Crippen LogP contribution in [0.2, 0.25) is 0 Å². The molecule has 0 radical (unpaired) electrons. The van der Waals surface area contributed by atoms with E-state index in [1.54, 1.807) is 0 Å². The van der Waals surface area contributed by atoms with Gasteiger partial charge in [-0.15, -0.1) is 0 Å². The zero-order chi connectivity index (χ0) is 11.7. The highest BCUT2D eigenvalue weighted by molar-refractivity contribution is 5.93. The summed E-state index contributed by atoms with van der Waals surface area (Å²) in [6.45, 7) is 5.74. The van der Waals surface area contributed by atoms with Gasteiger partial charge in [-0.25, -0.2) is 4.98 Å². The van der Waals surface area contributed by atoms with Crippen molar-refractivity contribution in [3.05, 3.63) is 24.0 Å². The average molecular weight is 231 g/mol. The molecule has 1 N–H and O–H groups in total. The van der Waals surface area contributed by atoms with E-state index in [1.807, 2.05) is 6.20 Å². The Morgan fingerprint density at radius 2 is 2.24 bits per heavy atom. The molecule has 2 aromatic rings. The maximum absolute atomic E-state index is 5.41. The maximum atomic E-state index is 5.41. The van der Waals surface area contributed by atoms with Gasteiger partial charge < -0.3 is 14.6 Å². The number of aromatic nitrogens is 2. The minimum Gasteiger partial charge on any atom is -0.378 e. The molecule has 2 aromatic heterocycles. The van der Waals surface area contributed by atoms with Crippen LogP contribution in [0.4, 0.5) is 5.69 Å². The fourth-order valence-corrected chi connectivity index (χ4v) is 2.45. The third kappa shape index (κ3) is 1.78. The van der Waals surface area contributed by atoms with E-state index < -0.39 is 0 Å². The predicted octanol–water partition coefficient (Wildman–Crippen LogP) is 1.96. The maximum Gasteiger partial charge on any atom is 0.139 e. The van der Waals surface area contributed by atoms with E-state index in [0.717, 1.165) is 38.4 Å². The van der Waals surface area contributed by atoms with Crippen molar-refractivity contribution in [2.24, 2.45) is 0 Å². The van der Waals surface area contributed by atoms with Gasteiger partial charge in [0.25, 0.3) is 0 Å². The van der Waals surface area contributed by atoms with Gasteiger partial charge in [0.15, 0.2) is 0 Å². The van der Waals surface area contributed by atoms with Crippen molar-refractivity contribution in [3.8, 4) is 0 Å². The monoisotopic (exact) mass is 231 g/mol. The highest BCUT2D eigenvalue weighted by Crippen LogP contribution is 2.29. The normalized spacial score (nSPS) is 16.6. The second-order valence-corrected chi connectivity index (χ2v) is 4.32. The number of hydrogen-bond acceptors (Lipinski definition) is 3. The van der Waals surface area contributed by atoms with E-state index in [-0.39, 0.29) is 0 Å². The lowest BCUT2D eigenvalue weighted by Crippen LogP contribution is -2.36. The van der Waals surface area contributed by atoms with E-state index in [2.05, 4.69) is 34.1 Å². The molecule has 17 heavy (non-hydrogen) atoms. The van der Waals surface area contributed by atoms with Gasteiger partial charge in [0.2, 0.25) is 0 Å². The Balaban J connectivity index is 2.10. The molecular weight excluding hydrogens is 214 g/mol. The van der Waals surface area contributed by atoms with Crippen molar-refractivity contribution in [2.75, 3.05) is 31.2 Å². The number of aromatic amines is 1. The van der Waals surface area contributed by atoms with E-state index in [9.17, 15) is 0 Å². The summed E-state index contributed by atoms with van der Waals surface area (Å²) in [5.41, 5.74) is 3.62. The molecule has 0 aromatic carbocycles. The molecule has 90 valence electrons. The van der Waals surface area contributed by atoms with Crippen LogP contribution in [0.5, 0.6) is 0 Å². The average Bonchev–Trinajstić information content (AvgIpc) is 2.82. The van der Waals surface area contributed by atoms with Crippen molar-refractivity contribution in [2.45, 2.75) is 13.3 Å². The minimum absolute atomic E-state index is 0.815. The van der Waals surface area contributed by atoms with Crippen LogP contribution in [-0.4, -0.2) is 36.3 Å². The summed E-state index contributed by atoms with van der Waals surface area (Å²) in [7, 11) is 0. The van der Waals surface area contributed by atoms with Crippen LogP contribution in [-0.2, 0) is 11.2 Å². The lowest BCUT2D eigenvalue weighted by Gasteiger charge is -2.29. The highest BCUT2D eigenvalue weighted by Gasteiger charge is 2.16. The summed E-state index contributed by atoms with van der Waals surface area (Å²) in [5.74, 6) is 0. The van der Waals surface area contributed by atoms with E-state index >= 15 is 0 Å². The van der Waals surface area contributed by atoms with Crippen LogP contribution in [0.1, 0.15) is 12.5 Å². The zero-order valence-corrected chi connectivity index (χ0v) is 10.1. The Labute approximate surface area is 101 Å². The second-order valence-electron chi connectivity index (χ2n) is 4.32. The first-order valence-electron chi connectivity index (χ1n) is 6.18. The van der Waals surface area contributed by atoms with Crippen molar-refractivity contribution < 1.29 is 4.74 Å². The van der Waals surface area contributed by atoms with E-state index in [1.165, 1.54) is 16.6 Å². The molecule has 0 spiro atoms. The SMILES string of the molecule is CCc1c[nH]c2nccc(N3CCOCC3)c12. The molecule has 1 saturated heterocycles. The first kappa shape index (κ1) is 10.6. The lowest BCUT2D eigenvalue weighted by molar-refractivity contribution is 0.123. The van der Waals surface area contributed by atoms with Crippen molar-refractivity contribution in [3.63, 3.8) is 0 Å². The molecule has 0 bridgehead atoms. The quantitative estimate of drug-likeness (QED) is 0.859. The van der Waals surface area contributed by atoms with Crippen molar-refractivity contribution >= 4 is 16.7 Å². The second kappa shape index (κ2) is 4.37. The largest absolute Gasteiger partial charge is 0.378 e. The number of anilines is 1. The predicted molar refractivity (Wildman–Crippen MR) is 68.5 cm³/mol. The van der Waals surface area contributed by atoms with E-state index in [0.29, 0.717) is 0 Å². The molecule has 0 atom stereocenters. The molecule has 0 aliphatic carbocycles. The molecule has 3 rings (SSSR count). The van der Waals surface area contributed by atoms with Crippen molar-refractivity contribution in [1.29, 1.82) is 0 Å². The smallest absolute Gasteiger partial charge is 0.139 e. The summed E-state index contributed by atoms with van der Waals surface area (Å²) < 4.78 is 5.41. The number of fused-ring (bicyclic) bond motifs is 1. The van der Waals surface area contributed by atoms with Gasteiger partial charge in [-0.05, 0) is 18.1 Å². The summed E-state index contributed by atoms with van der Waals surface area (Å²) in [4.78, 5) is 10.0. The van der Waals surface area contributed by atoms with Gasteiger partial charge in [0, 0.05) is 36.6 Å². The molecular formula is C13H17N3O. The number of nitrogens with one attached hydrogen (secondary N) is 1. The number of nitrogens with zero attached hydrogens (tertiary/aromatic N) is 2. The molecule has 1 fully saturated rings. The number of morpholine rings is 1. The van der Waals surface area contributed by atoms with Gasteiger partial charge >= 0.3 is 0 Å². The molecule has 1 aliphatic rings. The van der Waals surface area contributed by atoms with Gasteiger partial charge in [-0.2, -0.15) is 0 Å². The Kier molecular flexibility index (Phi) is 2.73. The molecule has 0 unspecified atom stereocenters. The molecule has 0 amide bonds. The zero-order valence-electron chi connectivity index (χ0n) is 10.1. The van der Waals surface area contributed by atoms with Crippen LogP contribution in [0.3, 0.4) is 0 Å². The Morgan fingerprint density at radius 1 is 1.41 bits per heavy atom. The highest BCUT2D eigenvalue weighted by atomic mass is 16.5. The molecule has 0 saturated carbocycles.